The monoisotopic (exact) mass is 327 g/mol. The van der Waals surface area contributed by atoms with Gasteiger partial charge in [0, 0.05) is 5.92 Å². The number of halogens is 1. The van der Waals surface area contributed by atoms with Crippen molar-refractivity contribution in [2.24, 2.45) is 5.92 Å². The Morgan fingerprint density at radius 3 is 2.55 bits per heavy atom. The zero-order valence-electron chi connectivity index (χ0n) is 12.0. The Hall–Kier alpha value is -1.76. The van der Waals surface area contributed by atoms with Gasteiger partial charge >= 0.3 is 5.97 Å². The number of aliphatic carboxylic acids is 1. The lowest BCUT2D eigenvalue weighted by molar-refractivity contribution is -0.145. The molecule has 1 heterocycles. The zero-order valence-corrected chi connectivity index (χ0v) is 12.8. The maximum absolute atomic E-state index is 12.8. The number of amides is 1. The van der Waals surface area contributed by atoms with Crippen molar-refractivity contribution in [1.82, 2.24) is 5.32 Å². The first-order chi connectivity index (χ1) is 10.6. The Balaban J connectivity index is 1.87. The van der Waals surface area contributed by atoms with Gasteiger partial charge in [-0.05, 0) is 48.6 Å². The Morgan fingerprint density at radius 2 is 1.95 bits per heavy atom. The average molecular weight is 327 g/mol. The second kappa shape index (κ2) is 8.03. The van der Waals surface area contributed by atoms with Gasteiger partial charge in [-0.2, -0.15) is 11.8 Å². The van der Waals surface area contributed by atoms with Crippen molar-refractivity contribution >= 4 is 23.6 Å². The lowest BCUT2D eigenvalue weighted by Gasteiger charge is -2.22. The van der Waals surface area contributed by atoms with Crippen molar-refractivity contribution < 1.29 is 23.8 Å². The minimum absolute atomic E-state index is 0.0542. The van der Waals surface area contributed by atoms with Gasteiger partial charge < -0.3 is 15.2 Å². The van der Waals surface area contributed by atoms with E-state index in [1.165, 1.54) is 24.3 Å². The summed E-state index contributed by atoms with van der Waals surface area (Å²) in [5.74, 6) is 0.360. The van der Waals surface area contributed by atoms with E-state index in [0.29, 0.717) is 0 Å². The molecule has 120 valence electrons. The number of carbonyl (C=O) groups excluding carboxylic acids is 1. The number of ether oxygens (including phenoxy) is 1. The smallest absolute Gasteiger partial charge is 0.346 e. The molecule has 1 unspecified atom stereocenters. The van der Waals surface area contributed by atoms with Gasteiger partial charge in [0.25, 0.3) is 0 Å². The van der Waals surface area contributed by atoms with Crippen molar-refractivity contribution in [3.63, 3.8) is 0 Å². The SMILES string of the molecule is O=C(NCC(Oc1ccc(F)cc1)C(=O)O)C1CCSCC1. The van der Waals surface area contributed by atoms with Crippen LogP contribution in [0, 0.1) is 11.7 Å². The van der Waals surface area contributed by atoms with Crippen molar-refractivity contribution in [1.29, 1.82) is 0 Å². The van der Waals surface area contributed by atoms with E-state index in [2.05, 4.69) is 5.32 Å². The number of rotatable bonds is 6. The highest BCUT2D eigenvalue weighted by molar-refractivity contribution is 7.99. The Labute approximate surface area is 132 Å². The molecular weight excluding hydrogens is 309 g/mol. The normalized spacial score (nSPS) is 16.8. The highest BCUT2D eigenvalue weighted by atomic mass is 32.2. The second-order valence-electron chi connectivity index (χ2n) is 5.03. The second-order valence-corrected chi connectivity index (χ2v) is 6.26. The minimum atomic E-state index is -1.20. The van der Waals surface area contributed by atoms with E-state index in [4.69, 9.17) is 9.84 Å². The van der Waals surface area contributed by atoms with Crippen LogP contribution < -0.4 is 10.1 Å². The molecule has 0 aromatic heterocycles. The topological polar surface area (TPSA) is 75.6 Å². The molecule has 2 N–H and O–H groups in total. The summed E-state index contributed by atoms with van der Waals surface area (Å²) in [6.45, 7) is -0.116. The van der Waals surface area contributed by atoms with Crippen LogP contribution >= 0.6 is 11.8 Å². The predicted molar refractivity (Wildman–Crippen MR) is 81.5 cm³/mol. The van der Waals surface area contributed by atoms with E-state index in [1.807, 2.05) is 11.8 Å². The van der Waals surface area contributed by atoms with Crippen LogP contribution in [-0.4, -0.2) is 41.1 Å². The highest BCUT2D eigenvalue weighted by Crippen LogP contribution is 2.22. The minimum Gasteiger partial charge on any atom is -0.478 e. The molecule has 1 aromatic carbocycles. The molecule has 0 saturated carbocycles. The van der Waals surface area contributed by atoms with Crippen LogP contribution in [0.5, 0.6) is 5.75 Å². The molecule has 0 radical (unpaired) electrons. The summed E-state index contributed by atoms with van der Waals surface area (Å²) in [6, 6.07) is 5.08. The third kappa shape index (κ3) is 4.91. The maximum Gasteiger partial charge on any atom is 0.346 e. The lowest BCUT2D eigenvalue weighted by atomic mass is 10.0. The maximum atomic E-state index is 12.8. The van der Waals surface area contributed by atoms with Gasteiger partial charge in [0.15, 0.2) is 0 Å². The van der Waals surface area contributed by atoms with E-state index in [1.54, 1.807) is 0 Å². The van der Waals surface area contributed by atoms with E-state index < -0.39 is 17.9 Å². The molecule has 1 aliphatic rings. The molecule has 1 saturated heterocycles. The fourth-order valence-electron chi connectivity index (χ4n) is 2.15. The van der Waals surface area contributed by atoms with Gasteiger partial charge in [0.1, 0.15) is 11.6 Å². The molecule has 7 heteroatoms. The highest BCUT2D eigenvalue weighted by Gasteiger charge is 2.25. The van der Waals surface area contributed by atoms with Crippen molar-refractivity contribution in [2.45, 2.75) is 18.9 Å². The largest absolute Gasteiger partial charge is 0.478 e. The van der Waals surface area contributed by atoms with Gasteiger partial charge in [0.2, 0.25) is 12.0 Å². The molecule has 0 spiro atoms. The van der Waals surface area contributed by atoms with Crippen LogP contribution in [0.2, 0.25) is 0 Å². The summed E-state index contributed by atoms with van der Waals surface area (Å²) < 4.78 is 18.1. The van der Waals surface area contributed by atoms with Crippen molar-refractivity contribution in [3.05, 3.63) is 30.1 Å². The van der Waals surface area contributed by atoms with Crippen LogP contribution in [0.15, 0.2) is 24.3 Å². The number of carboxylic acid groups (broad SMARTS) is 1. The van der Waals surface area contributed by atoms with Crippen LogP contribution in [0.3, 0.4) is 0 Å². The van der Waals surface area contributed by atoms with Crippen molar-refractivity contribution in [3.8, 4) is 5.75 Å². The molecule has 1 atom stereocenters. The Morgan fingerprint density at radius 1 is 1.32 bits per heavy atom. The van der Waals surface area contributed by atoms with Gasteiger partial charge in [-0.15, -0.1) is 0 Å². The number of nitrogens with one attached hydrogen (secondary N) is 1. The molecule has 0 aliphatic carbocycles. The molecule has 1 aliphatic heterocycles. The first-order valence-electron chi connectivity index (χ1n) is 7.07. The van der Waals surface area contributed by atoms with Crippen LogP contribution in [-0.2, 0) is 9.59 Å². The lowest BCUT2D eigenvalue weighted by Crippen LogP contribution is -2.43. The predicted octanol–water partition coefficient (Wildman–Crippen LogP) is 1.92. The molecular formula is C15H18FNO4S. The number of carboxylic acids is 1. The third-order valence-corrected chi connectivity index (χ3v) is 4.47. The van der Waals surface area contributed by atoms with Gasteiger partial charge in [-0.1, -0.05) is 0 Å². The average Bonchev–Trinajstić information content (AvgIpc) is 2.53. The first kappa shape index (κ1) is 16.6. The van der Waals surface area contributed by atoms with Crippen LogP contribution in [0.25, 0.3) is 0 Å². The van der Waals surface area contributed by atoms with E-state index in [9.17, 15) is 14.0 Å². The zero-order chi connectivity index (χ0) is 15.9. The van der Waals surface area contributed by atoms with Crippen LogP contribution in [0.1, 0.15) is 12.8 Å². The quantitative estimate of drug-likeness (QED) is 0.835. The molecule has 1 aromatic rings. The van der Waals surface area contributed by atoms with Crippen molar-refractivity contribution in [2.75, 3.05) is 18.1 Å². The molecule has 1 amide bonds. The summed E-state index contributed by atoms with van der Waals surface area (Å²) in [6.07, 6.45) is 0.424. The molecule has 2 rings (SSSR count). The van der Waals surface area contributed by atoms with E-state index in [0.717, 1.165) is 24.3 Å². The summed E-state index contributed by atoms with van der Waals surface area (Å²) in [7, 11) is 0. The Kier molecular flexibility index (Phi) is 6.06. The van der Waals surface area contributed by atoms with Crippen LogP contribution in [0.4, 0.5) is 4.39 Å². The molecule has 22 heavy (non-hydrogen) atoms. The number of hydrogen-bond acceptors (Lipinski definition) is 4. The number of benzene rings is 1. The Bertz CT molecular complexity index is 517. The summed E-state index contributed by atoms with van der Waals surface area (Å²) in [5, 5.41) is 11.8. The fraction of sp³-hybridized carbons (Fsp3) is 0.467. The fourth-order valence-corrected chi connectivity index (χ4v) is 3.26. The van der Waals surface area contributed by atoms with E-state index in [-0.39, 0.29) is 24.1 Å². The molecule has 0 bridgehead atoms. The summed E-state index contributed by atoms with van der Waals surface area (Å²) >= 11 is 1.82. The van der Waals surface area contributed by atoms with Gasteiger partial charge in [-0.3, -0.25) is 4.79 Å². The number of hydrogen-bond donors (Lipinski definition) is 2. The standard InChI is InChI=1S/C15H18FNO4S/c16-11-1-3-12(4-2-11)21-13(15(19)20)9-17-14(18)10-5-7-22-8-6-10/h1-4,10,13H,5-9H2,(H,17,18)(H,19,20). The number of carbonyl (C=O) groups is 2. The summed E-state index contributed by atoms with van der Waals surface area (Å²) in [5.41, 5.74) is 0. The first-order valence-corrected chi connectivity index (χ1v) is 8.22. The third-order valence-electron chi connectivity index (χ3n) is 3.42. The molecule has 5 nitrogen and oxygen atoms in total. The van der Waals surface area contributed by atoms with Gasteiger partial charge in [-0.25, -0.2) is 9.18 Å². The van der Waals surface area contributed by atoms with E-state index >= 15 is 0 Å². The van der Waals surface area contributed by atoms with Gasteiger partial charge in [0.05, 0.1) is 6.54 Å². The molecule has 1 fully saturated rings. The number of thioether (sulfide) groups is 1. The summed E-state index contributed by atoms with van der Waals surface area (Å²) in [4.78, 5) is 23.2.